The van der Waals surface area contributed by atoms with E-state index in [9.17, 15) is 0 Å². The highest BCUT2D eigenvalue weighted by Crippen LogP contribution is 2.33. The molecule has 1 atom stereocenters. The first-order valence-corrected chi connectivity index (χ1v) is 6.26. The Hall–Kier alpha value is -0.890. The van der Waals surface area contributed by atoms with Crippen LogP contribution >= 0.6 is 11.6 Å². The normalized spacial score (nSPS) is 15.1. The highest BCUT2D eigenvalue weighted by molar-refractivity contribution is 6.20. The number of unbranched alkanes of at least 4 members (excludes halogenated alkanes) is 1. The molecule has 2 nitrogen and oxygen atoms in total. The smallest absolute Gasteiger partial charge is 0.231 e. The maximum atomic E-state index is 6.27. The molecule has 1 aromatic rings. The molecule has 0 saturated carbocycles. The van der Waals surface area contributed by atoms with Gasteiger partial charge in [-0.25, -0.2) is 0 Å². The van der Waals surface area contributed by atoms with Crippen LogP contribution in [0.2, 0.25) is 0 Å². The summed E-state index contributed by atoms with van der Waals surface area (Å²) in [6.45, 7) is 2.52. The van der Waals surface area contributed by atoms with Crippen molar-refractivity contribution in [1.29, 1.82) is 0 Å². The van der Waals surface area contributed by atoms with Crippen LogP contribution in [-0.2, 0) is 6.42 Å². The Bertz CT molecular complexity index is 352. The highest BCUT2D eigenvalue weighted by atomic mass is 35.5. The van der Waals surface area contributed by atoms with Gasteiger partial charge in [0.15, 0.2) is 11.5 Å². The van der Waals surface area contributed by atoms with E-state index in [0.29, 0.717) is 6.79 Å². The molecule has 1 aromatic carbocycles. The molecule has 16 heavy (non-hydrogen) atoms. The molecular formula is C13H17ClO2. The topological polar surface area (TPSA) is 18.5 Å². The lowest BCUT2D eigenvalue weighted by molar-refractivity contribution is 0.174. The van der Waals surface area contributed by atoms with E-state index in [2.05, 4.69) is 13.0 Å². The van der Waals surface area contributed by atoms with Crippen molar-refractivity contribution >= 4 is 11.6 Å². The van der Waals surface area contributed by atoms with E-state index >= 15 is 0 Å². The van der Waals surface area contributed by atoms with Crippen LogP contribution in [0.1, 0.15) is 31.7 Å². The molecule has 0 aromatic heterocycles. The molecule has 0 bridgehead atoms. The molecule has 0 fully saturated rings. The lowest BCUT2D eigenvalue weighted by Gasteiger charge is -2.09. The molecule has 0 amide bonds. The molecule has 1 aliphatic heterocycles. The summed E-state index contributed by atoms with van der Waals surface area (Å²) in [6.07, 6.45) is 4.37. The first-order valence-electron chi connectivity index (χ1n) is 5.82. The summed E-state index contributed by atoms with van der Waals surface area (Å²) >= 11 is 6.27. The minimum atomic E-state index is 0.223. The molecule has 1 aliphatic rings. The number of halogens is 1. The molecule has 0 spiro atoms. The van der Waals surface area contributed by atoms with E-state index in [0.717, 1.165) is 24.3 Å². The van der Waals surface area contributed by atoms with Gasteiger partial charge in [0.1, 0.15) is 0 Å². The Balaban J connectivity index is 1.94. The van der Waals surface area contributed by atoms with Gasteiger partial charge < -0.3 is 9.47 Å². The second-order valence-electron chi connectivity index (χ2n) is 4.13. The second-order valence-corrected chi connectivity index (χ2v) is 4.75. The van der Waals surface area contributed by atoms with Crippen molar-refractivity contribution < 1.29 is 9.47 Å². The molecule has 1 heterocycles. The molecule has 1 unspecified atom stereocenters. The Morgan fingerprint density at radius 2 is 2.12 bits per heavy atom. The lowest BCUT2D eigenvalue weighted by atomic mass is 10.1. The predicted molar refractivity (Wildman–Crippen MR) is 65.4 cm³/mol. The van der Waals surface area contributed by atoms with Crippen LogP contribution in [0, 0.1) is 0 Å². The number of hydrogen-bond acceptors (Lipinski definition) is 2. The molecule has 0 radical (unpaired) electrons. The summed E-state index contributed by atoms with van der Waals surface area (Å²) in [5, 5.41) is 0.223. The number of hydrogen-bond donors (Lipinski definition) is 0. The molecule has 0 aliphatic carbocycles. The van der Waals surface area contributed by atoms with Crippen molar-refractivity contribution in [3.05, 3.63) is 23.8 Å². The fourth-order valence-electron chi connectivity index (χ4n) is 1.85. The van der Waals surface area contributed by atoms with Gasteiger partial charge in [-0.1, -0.05) is 25.8 Å². The minimum absolute atomic E-state index is 0.223. The SMILES string of the molecule is CCCCC(Cl)Cc1ccc2c(c1)OCO2. The van der Waals surface area contributed by atoms with Gasteiger partial charge in [-0.05, 0) is 30.5 Å². The van der Waals surface area contributed by atoms with Gasteiger partial charge in [0.25, 0.3) is 0 Å². The number of benzene rings is 1. The number of alkyl halides is 1. The van der Waals surface area contributed by atoms with Gasteiger partial charge in [-0.15, -0.1) is 11.6 Å². The fourth-order valence-corrected chi connectivity index (χ4v) is 2.18. The van der Waals surface area contributed by atoms with Gasteiger partial charge in [-0.2, -0.15) is 0 Å². The predicted octanol–water partition coefficient (Wildman–Crippen LogP) is 3.76. The number of ether oxygens (including phenoxy) is 2. The second kappa shape index (κ2) is 5.44. The van der Waals surface area contributed by atoms with Crippen LogP contribution in [0.5, 0.6) is 11.5 Å². The highest BCUT2D eigenvalue weighted by Gasteiger charge is 2.14. The Kier molecular flexibility index (Phi) is 3.94. The average Bonchev–Trinajstić information content (AvgIpc) is 2.73. The first-order chi connectivity index (χ1) is 7.79. The van der Waals surface area contributed by atoms with Crippen LogP contribution in [0.4, 0.5) is 0 Å². The van der Waals surface area contributed by atoms with Gasteiger partial charge in [0.2, 0.25) is 6.79 Å². The standard InChI is InChI=1S/C13H17ClO2/c1-2-3-4-11(14)7-10-5-6-12-13(8-10)16-9-15-12/h5-6,8,11H,2-4,7,9H2,1H3. The zero-order valence-electron chi connectivity index (χ0n) is 9.54. The summed E-state index contributed by atoms with van der Waals surface area (Å²) in [6, 6.07) is 6.06. The van der Waals surface area contributed by atoms with Crippen molar-refractivity contribution in [1.82, 2.24) is 0 Å². The van der Waals surface area contributed by atoms with Crippen LogP contribution < -0.4 is 9.47 Å². The maximum Gasteiger partial charge on any atom is 0.231 e. The molecule has 3 heteroatoms. The molecule has 0 saturated heterocycles. The van der Waals surface area contributed by atoms with Crippen molar-refractivity contribution in [3.8, 4) is 11.5 Å². The summed E-state index contributed by atoms with van der Waals surface area (Å²) in [4.78, 5) is 0. The first kappa shape index (κ1) is 11.6. The monoisotopic (exact) mass is 240 g/mol. The van der Waals surface area contributed by atoms with Gasteiger partial charge in [-0.3, -0.25) is 0 Å². The van der Waals surface area contributed by atoms with Crippen molar-refractivity contribution in [2.75, 3.05) is 6.79 Å². The van der Waals surface area contributed by atoms with Crippen molar-refractivity contribution in [2.45, 2.75) is 38.0 Å². The Morgan fingerprint density at radius 1 is 1.31 bits per heavy atom. The van der Waals surface area contributed by atoms with Crippen LogP contribution in [0.3, 0.4) is 0 Å². The largest absolute Gasteiger partial charge is 0.454 e. The zero-order valence-corrected chi connectivity index (χ0v) is 10.3. The number of fused-ring (bicyclic) bond motifs is 1. The molecule has 88 valence electrons. The summed E-state index contributed by atoms with van der Waals surface area (Å²) < 4.78 is 10.6. The van der Waals surface area contributed by atoms with E-state index < -0.39 is 0 Å². The number of rotatable bonds is 5. The van der Waals surface area contributed by atoms with E-state index in [-0.39, 0.29) is 5.38 Å². The van der Waals surface area contributed by atoms with E-state index in [1.54, 1.807) is 0 Å². The summed E-state index contributed by atoms with van der Waals surface area (Å²) in [7, 11) is 0. The fraction of sp³-hybridized carbons (Fsp3) is 0.538. The third-order valence-electron chi connectivity index (χ3n) is 2.77. The van der Waals surface area contributed by atoms with Crippen LogP contribution in [0.15, 0.2) is 18.2 Å². The van der Waals surface area contributed by atoms with Gasteiger partial charge in [0.05, 0.1) is 0 Å². The van der Waals surface area contributed by atoms with E-state index in [1.165, 1.54) is 18.4 Å². The van der Waals surface area contributed by atoms with E-state index in [1.807, 2.05) is 12.1 Å². The Morgan fingerprint density at radius 3 is 2.94 bits per heavy atom. The third-order valence-corrected chi connectivity index (χ3v) is 3.14. The Labute approximate surface area is 102 Å². The molecule has 2 rings (SSSR count). The molecular weight excluding hydrogens is 224 g/mol. The van der Waals surface area contributed by atoms with Crippen LogP contribution in [0.25, 0.3) is 0 Å². The van der Waals surface area contributed by atoms with E-state index in [4.69, 9.17) is 21.1 Å². The maximum absolute atomic E-state index is 6.27. The minimum Gasteiger partial charge on any atom is -0.454 e. The van der Waals surface area contributed by atoms with Crippen molar-refractivity contribution in [2.24, 2.45) is 0 Å². The summed E-state index contributed by atoms with van der Waals surface area (Å²) in [5.41, 5.74) is 1.22. The van der Waals surface area contributed by atoms with Gasteiger partial charge >= 0.3 is 0 Å². The lowest BCUT2D eigenvalue weighted by Crippen LogP contribution is -2.02. The average molecular weight is 241 g/mol. The zero-order chi connectivity index (χ0) is 11.4. The van der Waals surface area contributed by atoms with Crippen molar-refractivity contribution in [3.63, 3.8) is 0 Å². The van der Waals surface area contributed by atoms with Crippen LogP contribution in [-0.4, -0.2) is 12.2 Å². The van der Waals surface area contributed by atoms with Gasteiger partial charge in [0, 0.05) is 5.38 Å². The summed E-state index contributed by atoms with van der Waals surface area (Å²) in [5.74, 6) is 1.68. The quantitative estimate of drug-likeness (QED) is 0.730. The third kappa shape index (κ3) is 2.82. The molecule has 0 N–H and O–H groups in total.